The normalized spacial score (nSPS) is 23.0. The molecule has 0 aliphatic carbocycles. The molecule has 0 unspecified atom stereocenters. The quantitative estimate of drug-likeness (QED) is 0.581. The molecule has 1 aromatic carbocycles. The van der Waals surface area contributed by atoms with Crippen molar-refractivity contribution < 1.29 is 31.9 Å². The molecule has 0 spiro atoms. The number of nitrogens with two attached hydrogens (primary N) is 1. The molecule has 2 aliphatic heterocycles. The minimum absolute atomic E-state index is 0.122. The van der Waals surface area contributed by atoms with E-state index in [9.17, 15) is 27.2 Å². The molecular formula is C14H12F4N2O3. The number of piperidine rings is 1. The SMILES string of the molecule is NC(=O)C(=O)N1CC[C@H]2C[C@@H]1c1c(F)cc(C(F)(F)F)cc1O2. The van der Waals surface area contributed by atoms with Crippen molar-refractivity contribution in [2.24, 2.45) is 5.73 Å². The number of nitrogens with zero attached hydrogens (tertiary/aromatic N) is 1. The molecule has 0 saturated carbocycles. The summed E-state index contributed by atoms with van der Waals surface area (Å²) in [5.41, 5.74) is 3.66. The van der Waals surface area contributed by atoms with Gasteiger partial charge in [0.15, 0.2) is 0 Å². The number of hydrogen-bond acceptors (Lipinski definition) is 3. The molecule has 1 saturated heterocycles. The van der Waals surface area contributed by atoms with E-state index in [1.807, 2.05) is 0 Å². The summed E-state index contributed by atoms with van der Waals surface area (Å²) in [7, 11) is 0. The van der Waals surface area contributed by atoms with Gasteiger partial charge in [0.2, 0.25) is 0 Å². The summed E-state index contributed by atoms with van der Waals surface area (Å²) in [6.45, 7) is 0.122. The first kappa shape index (κ1) is 15.6. The smallest absolute Gasteiger partial charge is 0.416 e. The van der Waals surface area contributed by atoms with Crippen molar-refractivity contribution in [1.82, 2.24) is 4.90 Å². The highest BCUT2D eigenvalue weighted by molar-refractivity contribution is 6.34. The Balaban J connectivity index is 2.08. The second-order valence-electron chi connectivity index (χ2n) is 5.51. The second-order valence-corrected chi connectivity index (χ2v) is 5.51. The molecule has 0 radical (unpaired) electrons. The highest BCUT2D eigenvalue weighted by Crippen LogP contribution is 2.46. The van der Waals surface area contributed by atoms with Crippen LogP contribution in [-0.2, 0) is 15.8 Å². The number of primary amides is 1. The molecule has 5 nitrogen and oxygen atoms in total. The standard InChI is InChI=1S/C14H12F4N2O3/c15-8-3-6(14(16,17)18)4-10-11(8)9-5-7(23-10)1-2-20(9)13(22)12(19)21/h3-4,7,9H,1-2,5H2,(H2,19,21)/t7-,9+/m0/s1. The largest absolute Gasteiger partial charge is 0.490 e. The molecule has 3 rings (SSSR count). The van der Waals surface area contributed by atoms with Crippen LogP contribution in [0, 0.1) is 5.82 Å². The van der Waals surface area contributed by atoms with E-state index in [0.717, 1.165) is 11.0 Å². The van der Waals surface area contributed by atoms with Crippen molar-refractivity contribution in [2.75, 3.05) is 6.54 Å². The van der Waals surface area contributed by atoms with Crippen LogP contribution in [-0.4, -0.2) is 29.4 Å². The Hall–Kier alpha value is -2.32. The molecule has 2 bridgehead atoms. The minimum Gasteiger partial charge on any atom is -0.490 e. The van der Waals surface area contributed by atoms with Crippen LogP contribution in [0.15, 0.2) is 12.1 Å². The number of carbonyl (C=O) groups is 2. The molecule has 2 heterocycles. The number of fused-ring (bicyclic) bond motifs is 4. The van der Waals surface area contributed by atoms with E-state index < -0.39 is 41.5 Å². The second kappa shape index (κ2) is 5.10. The van der Waals surface area contributed by atoms with Crippen LogP contribution in [0.3, 0.4) is 0 Å². The van der Waals surface area contributed by atoms with Crippen molar-refractivity contribution in [2.45, 2.75) is 31.2 Å². The first-order valence-corrected chi connectivity index (χ1v) is 6.86. The Labute approximate surface area is 128 Å². The maximum atomic E-state index is 14.3. The number of likely N-dealkylation sites (tertiary alicyclic amines) is 1. The number of amides is 2. The van der Waals surface area contributed by atoms with Gasteiger partial charge >= 0.3 is 18.0 Å². The average molecular weight is 332 g/mol. The van der Waals surface area contributed by atoms with Crippen LogP contribution in [0.5, 0.6) is 5.75 Å². The predicted molar refractivity (Wildman–Crippen MR) is 68.7 cm³/mol. The summed E-state index contributed by atoms with van der Waals surface area (Å²) in [4.78, 5) is 24.0. The Morgan fingerprint density at radius 2 is 2.00 bits per heavy atom. The minimum atomic E-state index is -4.71. The van der Waals surface area contributed by atoms with Crippen molar-refractivity contribution in [1.29, 1.82) is 0 Å². The highest BCUT2D eigenvalue weighted by Gasteiger charge is 2.43. The lowest BCUT2D eigenvalue weighted by Gasteiger charge is -2.43. The van der Waals surface area contributed by atoms with Gasteiger partial charge in [-0.3, -0.25) is 9.59 Å². The fourth-order valence-corrected chi connectivity index (χ4v) is 3.06. The summed E-state index contributed by atoms with van der Waals surface area (Å²) >= 11 is 0. The first-order chi connectivity index (χ1) is 10.7. The van der Waals surface area contributed by atoms with Crippen molar-refractivity contribution in [3.05, 3.63) is 29.1 Å². The maximum absolute atomic E-state index is 14.3. The zero-order chi connectivity index (χ0) is 16.9. The van der Waals surface area contributed by atoms with Crippen LogP contribution < -0.4 is 10.5 Å². The fraction of sp³-hybridized carbons (Fsp3) is 0.429. The lowest BCUT2D eigenvalue weighted by Crippen LogP contribution is -2.50. The zero-order valence-corrected chi connectivity index (χ0v) is 11.7. The third-order valence-corrected chi connectivity index (χ3v) is 4.07. The molecule has 2 atom stereocenters. The molecule has 0 aromatic heterocycles. The van der Waals surface area contributed by atoms with Gasteiger partial charge in [0.25, 0.3) is 0 Å². The number of halogens is 4. The van der Waals surface area contributed by atoms with E-state index in [0.29, 0.717) is 12.5 Å². The zero-order valence-electron chi connectivity index (χ0n) is 11.7. The molecule has 124 valence electrons. The van der Waals surface area contributed by atoms with E-state index >= 15 is 0 Å². The topological polar surface area (TPSA) is 72.6 Å². The number of rotatable bonds is 0. The molecule has 2 N–H and O–H groups in total. The van der Waals surface area contributed by atoms with Crippen molar-refractivity contribution >= 4 is 11.8 Å². The van der Waals surface area contributed by atoms with Gasteiger partial charge in [-0.1, -0.05) is 0 Å². The van der Waals surface area contributed by atoms with Crippen LogP contribution in [0.4, 0.5) is 17.6 Å². The number of hydrogen-bond donors (Lipinski definition) is 1. The third-order valence-electron chi connectivity index (χ3n) is 4.07. The van der Waals surface area contributed by atoms with Crippen molar-refractivity contribution in [3.8, 4) is 5.75 Å². The van der Waals surface area contributed by atoms with Crippen LogP contribution in [0.1, 0.15) is 30.0 Å². The van der Waals surface area contributed by atoms with E-state index in [-0.39, 0.29) is 24.3 Å². The van der Waals surface area contributed by atoms with Gasteiger partial charge in [-0.2, -0.15) is 13.2 Å². The summed E-state index contributed by atoms with van der Waals surface area (Å²) in [6.07, 6.45) is -4.62. The Morgan fingerprint density at radius 3 is 2.61 bits per heavy atom. The van der Waals surface area contributed by atoms with E-state index in [1.54, 1.807) is 0 Å². The predicted octanol–water partition coefficient (Wildman–Crippen LogP) is 1.75. The third kappa shape index (κ3) is 2.60. The Kier molecular flexibility index (Phi) is 3.46. The molecule has 2 amide bonds. The summed E-state index contributed by atoms with van der Waals surface area (Å²) < 4.78 is 58.0. The number of alkyl halides is 3. The molecular weight excluding hydrogens is 320 g/mol. The van der Waals surface area contributed by atoms with Gasteiger partial charge in [-0.15, -0.1) is 0 Å². The molecule has 2 aliphatic rings. The highest BCUT2D eigenvalue weighted by atomic mass is 19.4. The first-order valence-electron chi connectivity index (χ1n) is 6.86. The molecule has 23 heavy (non-hydrogen) atoms. The van der Waals surface area contributed by atoms with Gasteiger partial charge < -0.3 is 15.4 Å². The summed E-state index contributed by atoms with van der Waals surface area (Å²) in [5, 5.41) is 0. The fourth-order valence-electron chi connectivity index (χ4n) is 3.06. The molecule has 1 fully saturated rings. The Bertz CT molecular complexity index is 689. The maximum Gasteiger partial charge on any atom is 0.416 e. The number of benzene rings is 1. The van der Waals surface area contributed by atoms with Crippen LogP contribution in [0.2, 0.25) is 0 Å². The Morgan fingerprint density at radius 1 is 1.30 bits per heavy atom. The van der Waals surface area contributed by atoms with Crippen molar-refractivity contribution in [3.63, 3.8) is 0 Å². The van der Waals surface area contributed by atoms with Crippen LogP contribution in [0.25, 0.3) is 0 Å². The summed E-state index contributed by atoms with van der Waals surface area (Å²) in [6, 6.07) is 0.222. The van der Waals surface area contributed by atoms with Gasteiger partial charge in [0.05, 0.1) is 17.2 Å². The number of carbonyl (C=O) groups excluding carboxylic acids is 2. The molecule has 9 heteroatoms. The van der Waals surface area contributed by atoms with E-state index in [1.165, 1.54) is 0 Å². The van der Waals surface area contributed by atoms with Gasteiger partial charge in [-0.25, -0.2) is 4.39 Å². The van der Waals surface area contributed by atoms with E-state index in [4.69, 9.17) is 10.5 Å². The lowest BCUT2D eigenvalue weighted by molar-refractivity contribution is -0.148. The average Bonchev–Trinajstić information content (AvgIpc) is 2.45. The van der Waals surface area contributed by atoms with Gasteiger partial charge in [-0.05, 0) is 12.1 Å². The number of ether oxygens (including phenoxy) is 1. The molecule has 1 aromatic rings. The van der Waals surface area contributed by atoms with E-state index in [2.05, 4.69) is 0 Å². The van der Waals surface area contributed by atoms with Gasteiger partial charge in [0, 0.05) is 19.4 Å². The van der Waals surface area contributed by atoms with Crippen LogP contribution >= 0.6 is 0 Å². The summed E-state index contributed by atoms with van der Waals surface area (Å²) in [5.74, 6) is -3.55. The van der Waals surface area contributed by atoms with Gasteiger partial charge in [0.1, 0.15) is 17.7 Å². The lowest BCUT2D eigenvalue weighted by atomic mass is 9.88. The monoisotopic (exact) mass is 332 g/mol.